The van der Waals surface area contributed by atoms with Gasteiger partial charge in [0.1, 0.15) is 5.75 Å². The number of nitrogens with zero attached hydrogens (tertiary/aromatic N) is 1. The van der Waals surface area contributed by atoms with Crippen LogP contribution in [0.1, 0.15) is 11.1 Å². The molecule has 0 amide bonds. The van der Waals surface area contributed by atoms with E-state index in [1.54, 1.807) is 7.11 Å². The Morgan fingerprint density at radius 3 is 2.72 bits per heavy atom. The maximum atomic E-state index is 5.20. The number of methoxy groups -OCH3 is 1. The molecular weight excluding hydrogens is 224 g/mol. The highest BCUT2D eigenvalue weighted by molar-refractivity contribution is 5.28. The molecule has 0 saturated heterocycles. The number of nitrogens with one attached hydrogen (secondary N) is 1. The SMILES string of the molecule is COc1cccc(CNCCc2ccncc2)c1. The third kappa shape index (κ3) is 3.86. The van der Waals surface area contributed by atoms with Crippen molar-refractivity contribution < 1.29 is 4.74 Å². The Hall–Kier alpha value is -1.87. The van der Waals surface area contributed by atoms with Crippen molar-refractivity contribution in [1.29, 1.82) is 0 Å². The van der Waals surface area contributed by atoms with Crippen molar-refractivity contribution in [1.82, 2.24) is 10.3 Å². The molecule has 0 bridgehead atoms. The van der Waals surface area contributed by atoms with E-state index in [0.29, 0.717) is 0 Å². The Bertz CT molecular complexity index is 471. The molecule has 3 nitrogen and oxygen atoms in total. The van der Waals surface area contributed by atoms with Gasteiger partial charge in [0, 0.05) is 18.9 Å². The summed E-state index contributed by atoms with van der Waals surface area (Å²) in [5, 5.41) is 3.43. The van der Waals surface area contributed by atoms with Gasteiger partial charge in [-0.25, -0.2) is 0 Å². The van der Waals surface area contributed by atoms with Crippen molar-refractivity contribution >= 4 is 0 Å². The van der Waals surface area contributed by atoms with Gasteiger partial charge in [-0.15, -0.1) is 0 Å². The number of hydrogen-bond donors (Lipinski definition) is 1. The van der Waals surface area contributed by atoms with Gasteiger partial charge in [0.15, 0.2) is 0 Å². The van der Waals surface area contributed by atoms with Crippen LogP contribution in [0.4, 0.5) is 0 Å². The minimum atomic E-state index is 0.863. The second kappa shape index (κ2) is 6.77. The third-order valence-corrected chi connectivity index (χ3v) is 2.80. The number of aromatic nitrogens is 1. The third-order valence-electron chi connectivity index (χ3n) is 2.80. The van der Waals surface area contributed by atoms with Crippen LogP contribution in [-0.2, 0) is 13.0 Å². The Labute approximate surface area is 108 Å². The van der Waals surface area contributed by atoms with E-state index >= 15 is 0 Å². The average molecular weight is 242 g/mol. The molecule has 0 aliphatic heterocycles. The van der Waals surface area contributed by atoms with Crippen LogP contribution in [0.2, 0.25) is 0 Å². The molecule has 0 spiro atoms. The molecule has 1 N–H and O–H groups in total. The summed E-state index contributed by atoms with van der Waals surface area (Å²) in [6.07, 6.45) is 4.68. The quantitative estimate of drug-likeness (QED) is 0.790. The maximum absolute atomic E-state index is 5.20. The summed E-state index contributed by atoms with van der Waals surface area (Å²) < 4.78 is 5.20. The van der Waals surface area contributed by atoms with Crippen LogP contribution in [0, 0.1) is 0 Å². The largest absolute Gasteiger partial charge is 0.497 e. The van der Waals surface area contributed by atoms with E-state index in [1.807, 2.05) is 36.7 Å². The first-order valence-corrected chi connectivity index (χ1v) is 6.11. The van der Waals surface area contributed by atoms with E-state index in [1.165, 1.54) is 11.1 Å². The summed E-state index contributed by atoms with van der Waals surface area (Å²) in [5.74, 6) is 0.906. The predicted octanol–water partition coefficient (Wildman–Crippen LogP) is 2.42. The number of ether oxygens (including phenoxy) is 1. The summed E-state index contributed by atoms with van der Waals surface area (Å²) in [6, 6.07) is 12.2. The Morgan fingerprint density at radius 1 is 1.11 bits per heavy atom. The molecule has 94 valence electrons. The highest BCUT2D eigenvalue weighted by atomic mass is 16.5. The van der Waals surface area contributed by atoms with Gasteiger partial charge in [-0.2, -0.15) is 0 Å². The second-order valence-corrected chi connectivity index (χ2v) is 4.13. The van der Waals surface area contributed by atoms with E-state index in [-0.39, 0.29) is 0 Å². The number of benzene rings is 1. The molecule has 0 atom stereocenters. The molecule has 2 aromatic rings. The molecule has 1 heterocycles. The lowest BCUT2D eigenvalue weighted by molar-refractivity contribution is 0.414. The zero-order chi connectivity index (χ0) is 12.6. The van der Waals surface area contributed by atoms with Crippen LogP contribution in [0.25, 0.3) is 0 Å². The highest BCUT2D eigenvalue weighted by Gasteiger charge is 1.96. The lowest BCUT2D eigenvalue weighted by Crippen LogP contribution is -2.16. The molecule has 0 saturated carbocycles. The first-order chi connectivity index (χ1) is 8.88. The minimum absolute atomic E-state index is 0.863. The minimum Gasteiger partial charge on any atom is -0.497 e. The van der Waals surface area contributed by atoms with Crippen molar-refractivity contribution in [2.24, 2.45) is 0 Å². The van der Waals surface area contributed by atoms with Crippen LogP contribution in [0.5, 0.6) is 5.75 Å². The van der Waals surface area contributed by atoms with Crippen molar-refractivity contribution in [2.75, 3.05) is 13.7 Å². The molecule has 2 rings (SSSR count). The van der Waals surface area contributed by atoms with E-state index in [4.69, 9.17) is 4.74 Å². The number of hydrogen-bond acceptors (Lipinski definition) is 3. The standard InChI is InChI=1S/C15H18N2O/c1-18-15-4-2-3-14(11-15)12-17-10-7-13-5-8-16-9-6-13/h2-6,8-9,11,17H,7,10,12H2,1H3. The van der Waals surface area contributed by atoms with Crippen LogP contribution >= 0.6 is 0 Å². The molecule has 18 heavy (non-hydrogen) atoms. The first kappa shape index (κ1) is 12.6. The van der Waals surface area contributed by atoms with Gasteiger partial charge in [0.2, 0.25) is 0 Å². The monoisotopic (exact) mass is 242 g/mol. The van der Waals surface area contributed by atoms with Crippen molar-refractivity contribution in [3.63, 3.8) is 0 Å². The fraction of sp³-hybridized carbons (Fsp3) is 0.267. The van der Waals surface area contributed by atoms with Crippen LogP contribution < -0.4 is 10.1 Å². The van der Waals surface area contributed by atoms with Gasteiger partial charge in [0.25, 0.3) is 0 Å². The summed E-state index contributed by atoms with van der Waals surface area (Å²) in [4.78, 5) is 4.01. The molecule has 0 unspecified atom stereocenters. The van der Waals surface area contributed by atoms with Crippen molar-refractivity contribution in [3.8, 4) is 5.75 Å². The molecule has 0 radical (unpaired) electrons. The van der Waals surface area contributed by atoms with Crippen LogP contribution in [0.3, 0.4) is 0 Å². The summed E-state index contributed by atoms with van der Waals surface area (Å²) in [7, 11) is 1.69. The summed E-state index contributed by atoms with van der Waals surface area (Å²) in [5.41, 5.74) is 2.55. The molecule has 1 aromatic carbocycles. The van der Waals surface area contributed by atoms with E-state index in [9.17, 15) is 0 Å². The molecular formula is C15H18N2O. The number of pyridine rings is 1. The van der Waals surface area contributed by atoms with E-state index in [2.05, 4.69) is 22.4 Å². The van der Waals surface area contributed by atoms with Crippen LogP contribution in [0.15, 0.2) is 48.8 Å². The average Bonchev–Trinajstić information content (AvgIpc) is 2.45. The fourth-order valence-electron chi connectivity index (χ4n) is 1.80. The predicted molar refractivity (Wildman–Crippen MR) is 72.6 cm³/mol. The highest BCUT2D eigenvalue weighted by Crippen LogP contribution is 2.12. The van der Waals surface area contributed by atoms with Crippen molar-refractivity contribution in [3.05, 3.63) is 59.9 Å². The molecule has 3 heteroatoms. The zero-order valence-corrected chi connectivity index (χ0v) is 10.6. The van der Waals surface area contributed by atoms with Crippen molar-refractivity contribution in [2.45, 2.75) is 13.0 Å². The smallest absolute Gasteiger partial charge is 0.119 e. The van der Waals surface area contributed by atoms with E-state index < -0.39 is 0 Å². The molecule has 0 aliphatic rings. The lowest BCUT2D eigenvalue weighted by atomic mass is 10.2. The second-order valence-electron chi connectivity index (χ2n) is 4.13. The summed E-state index contributed by atoms with van der Waals surface area (Å²) >= 11 is 0. The van der Waals surface area contributed by atoms with Gasteiger partial charge < -0.3 is 10.1 Å². The molecule has 1 aromatic heterocycles. The van der Waals surface area contributed by atoms with Gasteiger partial charge in [-0.1, -0.05) is 12.1 Å². The van der Waals surface area contributed by atoms with Gasteiger partial charge in [-0.05, 0) is 48.4 Å². The molecule has 0 fully saturated rings. The lowest BCUT2D eigenvalue weighted by Gasteiger charge is -2.06. The fourth-order valence-corrected chi connectivity index (χ4v) is 1.80. The Kier molecular flexibility index (Phi) is 4.73. The zero-order valence-electron chi connectivity index (χ0n) is 10.6. The van der Waals surface area contributed by atoms with Gasteiger partial charge in [-0.3, -0.25) is 4.98 Å². The maximum Gasteiger partial charge on any atom is 0.119 e. The van der Waals surface area contributed by atoms with Crippen LogP contribution in [-0.4, -0.2) is 18.6 Å². The van der Waals surface area contributed by atoms with E-state index in [0.717, 1.165) is 25.3 Å². The molecule has 0 aliphatic carbocycles. The summed E-state index contributed by atoms with van der Waals surface area (Å²) in [6.45, 7) is 1.82. The number of rotatable bonds is 6. The normalized spacial score (nSPS) is 10.3. The Balaban J connectivity index is 1.75. The van der Waals surface area contributed by atoms with Gasteiger partial charge in [0.05, 0.1) is 7.11 Å². The first-order valence-electron chi connectivity index (χ1n) is 6.11. The van der Waals surface area contributed by atoms with Gasteiger partial charge >= 0.3 is 0 Å². The Morgan fingerprint density at radius 2 is 1.94 bits per heavy atom. The topological polar surface area (TPSA) is 34.1 Å².